The predicted octanol–water partition coefficient (Wildman–Crippen LogP) is 18.0. The molecule has 0 bridgehead atoms. The van der Waals surface area contributed by atoms with Crippen LogP contribution < -0.4 is 4.90 Å². The molecule has 0 fully saturated rings. The first-order valence-electron chi connectivity index (χ1n) is 27.7. The fraction of sp³-hybridized carbons (Fsp3) is 0.134. The largest absolute Gasteiger partial charge is 0.314 e. The van der Waals surface area contributed by atoms with Gasteiger partial charge < -0.3 is 4.90 Å². The lowest BCUT2D eigenvalue weighted by atomic mass is 9.63. The van der Waals surface area contributed by atoms with E-state index in [0.29, 0.717) is 23.4 Å². The molecule has 2 aliphatic carbocycles. The monoisotopic (exact) mass is 886 g/mol. The van der Waals surface area contributed by atoms with Crippen molar-refractivity contribution in [1.29, 1.82) is 0 Å². The van der Waals surface area contributed by atoms with Crippen molar-refractivity contribution in [2.75, 3.05) is 4.90 Å². The van der Waals surface area contributed by atoms with Gasteiger partial charge in [-0.25, -0.2) is 0 Å². The third-order valence-corrected chi connectivity index (χ3v) is 13.6. The molecule has 0 amide bonds. The molecule has 68 heavy (non-hydrogen) atoms. The summed E-state index contributed by atoms with van der Waals surface area (Å²) in [5.74, 6) is -0.145. The number of benzene rings is 8. The van der Waals surface area contributed by atoms with Crippen LogP contribution in [-0.4, -0.2) is 0 Å². The molecular weight excluding hydrogens is 819 g/mol. The molecule has 8 aromatic rings. The number of fused-ring (bicyclic) bond motifs is 4. The van der Waals surface area contributed by atoms with Gasteiger partial charge in [0.2, 0.25) is 0 Å². The van der Waals surface area contributed by atoms with Crippen LogP contribution in [-0.2, 0) is 18.3 Å². The van der Waals surface area contributed by atoms with Crippen molar-refractivity contribution in [3.63, 3.8) is 0 Å². The van der Waals surface area contributed by atoms with Gasteiger partial charge >= 0.3 is 0 Å². The number of rotatable bonds is 17. The van der Waals surface area contributed by atoms with E-state index in [1.165, 1.54) is 11.1 Å². The zero-order valence-corrected chi connectivity index (χ0v) is 38.4. The van der Waals surface area contributed by atoms with Crippen LogP contribution in [0.2, 0.25) is 0 Å². The second kappa shape index (κ2) is 19.6. The number of allylic oxidation sites excluding steroid dienone is 8. The zero-order valence-electron chi connectivity index (χ0n) is 46.4. The lowest BCUT2D eigenvalue weighted by Crippen LogP contribution is -2.35. The average Bonchev–Trinajstić information content (AvgIpc) is 3.82. The van der Waals surface area contributed by atoms with Crippen molar-refractivity contribution >= 4 is 27.7 Å². The lowest BCUT2D eigenvalue weighted by Gasteiger charge is -2.39. The number of aryl methyl sites for hydroxylation is 2. The minimum atomic E-state index is -1.59. The standard InChI is InChI=1S/C67H59N/c1-5-9-21-48-35-38-55(45-53(48)22-10-6-2)54-25-18-28-59(46-54)68(58-41-39-50(40-42-58)49-33-36-52(37-34-49)62-31-19-24-51-23-14-15-29-61(51)62)60-43-44-64-63-30-16-17-32-65(63)67(66(64)47-60,56(8-4)20-7-3)57-26-12-11-13-27-57/h5-8,11-19,23-39,41,43-47,56H,1-4,9-10,20-22,40,42H2/i33D,34D,36D,37D,39D,40D,41D,42D. The summed E-state index contributed by atoms with van der Waals surface area (Å²) in [6.07, 6.45) is 8.67. The molecule has 8 aromatic carbocycles. The maximum Gasteiger partial charge on any atom is 0.0641 e. The smallest absolute Gasteiger partial charge is 0.0641 e. The number of anilines is 2. The highest BCUT2D eigenvalue weighted by Crippen LogP contribution is 2.58. The van der Waals surface area contributed by atoms with Crippen molar-refractivity contribution in [3.8, 4) is 33.4 Å². The number of hydrogen-bond acceptors (Lipinski definition) is 1. The third kappa shape index (κ3) is 8.13. The fourth-order valence-corrected chi connectivity index (χ4v) is 10.4. The Hall–Kier alpha value is -7.74. The van der Waals surface area contributed by atoms with Crippen LogP contribution >= 0.6 is 0 Å². The normalized spacial score (nSPS) is 19.5. The van der Waals surface area contributed by atoms with Crippen LogP contribution in [0.25, 0.3) is 49.7 Å². The van der Waals surface area contributed by atoms with E-state index in [9.17, 15) is 11.0 Å². The van der Waals surface area contributed by atoms with E-state index < -0.39 is 36.3 Å². The van der Waals surface area contributed by atoms with Crippen molar-refractivity contribution in [2.24, 2.45) is 5.92 Å². The molecule has 2 aliphatic rings. The molecule has 0 saturated heterocycles. The summed E-state index contributed by atoms with van der Waals surface area (Å²) in [7, 11) is 0. The highest BCUT2D eigenvalue weighted by atomic mass is 15.1. The number of nitrogens with zero attached hydrogens (tertiary/aromatic N) is 1. The maximum absolute atomic E-state index is 10.1. The van der Waals surface area contributed by atoms with Crippen LogP contribution in [0.5, 0.6) is 0 Å². The first-order chi connectivity index (χ1) is 36.9. The first-order valence-corrected chi connectivity index (χ1v) is 23.5. The Balaban J connectivity index is 1.22. The average molecular weight is 886 g/mol. The molecule has 0 saturated carbocycles. The van der Waals surface area contributed by atoms with Gasteiger partial charge in [-0.2, -0.15) is 0 Å². The van der Waals surface area contributed by atoms with E-state index in [0.717, 1.165) is 75.4 Å². The highest BCUT2D eigenvalue weighted by molar-refractivity contribution is 5.97. The molecule has 4 atom stereocenters. The van der Waals surface area contributed by atoms with Crippen LogP contribution in [0, 0.1) is 5.92 Å². The third-order valence-electron chi connectivity index (χ3n) is 13.6. The second-order valence-corrected chi connectivity index (χ2v) is 17.5. The van der Waals surface area contributed by atoms with E-state index in [2.05, 4.69) is 99.1 Å². The Bertz CT molecular complexity index is 3650. The minimum absolute atomic E-state index is 0.0760. The Labute approximate surface area is 415 Å². The van der Waals surface area contributed by atoms with Gasteiger partial charge in [-0.3, -0.25) is 0 Å². The van der Waals surface area contributed by atoms with Crippen LogP contribution in [0.15, 0.2) is 250 Å². The Morgan fingerprint density at radius 2 is 1.22 bits per heavy atom. The van der Waals surface area contributed by atoms with E-state index in [-0.39, 0.29) is 46.5 Å². The van der Waals surface area contributed by atoms with Gasteiger partial charge in [0, 0.05) is 19.8 Å². The molecular formula is C67H59N. The van der Waals surface area contributed by atoms with Gasteiger partial charge in [0.05, 0.1) is 13.6 Å². The predicted molar refractivity (Wildman–Crippen MR) is 292 cm³/mol. The first kappa shape index (κ1) is 35.5. The van der Waals surface area contributed by atoms with E-state index in [1.807, 2.05) is 108 Å². The summed E-state index contributed by atoms with van der Waals surface area (Å²) in [6.45, 7) is 16.5. The molecule has 0 aromatic heterocycles. The topological polar surface area (TPSA) is 3.24 Å². The lowest BCUT2D eigenvalue weighted by molar-refractivity contribution is 0.461. The fourth-order valence-electron chi connectivity index (χ4n) is 10.4. The summed E-state index contributed by atoms with van der Waals surface area (Å²) >= 11 is 0. The molecule has 1 heteroatoms. The molecule has 0 N–H and O–H groups in total. The van der Waals surface area contributed by atoms with E-state index >= 15 is 0 Å². The quantitative estimate of drug-likeness (QED) is 0.0824. The van der Waals surface area contributed by atoms with Gasteiger partial charge in [-0.15, -0.1) is 26.3 Å². The van der Waals surface area contributed by atoms with Crippen molar-refractivity contribution in [2.45, 2.75) is 50.3 Å². The molecule has 1 nitrogen and oxygen atoms in total. The summed E-state index contributed by atoms with van der Waals surface area (Å²) in [4.78, 5) is 1.85. The Morgan fingerprint density at radius 1 is 0.544 bits per heavy atom. The molecule has 0 aliphatic heterocycles. The van der Waals surface area contributed by atoms with Gasteiger partial charge in [-0.05, 0) is 164 Å². The highest BCUT2D eigenvalue weighted by Gasteiger charge is 2.49. The summed E-state index contributed by atoms with van der Waals surface area (Å²) in [5, 5.41) is 1.64. The van der Waals surface area contributed by atoms with Crippen LogP contribution in [0.4, 0.5) is 11.4 Å². The second-order valence-electron chi connectivity index (χ2n) is 17.5. The molecule has 0 spiro atoms. The van der Waals surface area contributed by atoms with Crippen LogP contribution in [0.3, 0.4) is 0 Å². The zero-order chi connectivity index (χ0) is 53.4. The SMILES string of the molecule is [2H]C1=C(c2c([2H])c([2H])c(-c3cccc4ccccc34)c([2H])c2[2H])C([2H])C([2H])C(N(c2cccc(-c3ccc(CCC=C)c(CCC=C)c3)c2)c2ccc3c(c2)C(c2ccccc2)(C(C=C)CC=C)c2ccccc2-3)=C1[2H]. The molecule has 332 valence electrons. The minimum Gasteiger partial charge on any atom is -0.314 e. The summed E-state index contributed by atoms with van der Waals surface area (Å²) in [6, 6.07) is 50.4. The van der Waals surface area contributed by atoms with Gasteiger partial charge in [-0.1, -0.05) is 188 Å². The molecule has 4 unspecified atom stereocenters. The molecule has 0 radical (unpaired) electrons. The van der Waals surface area contributed by atoms with E-state index in [1.54, 1.807) is 6.07 Å². The van der Waals surface area contributed by atoms with E-state index in [4.69, 9.17) is 0 Å². The maximum atomic E-state index is 10.1. The van der Waals surface area contributed by atoms with Crippen molar-refractivity contribution < 1.29 is 11.0 Å². The Kier molecular flexibility index (Phi) is 10.2. The van der Waals surface area contributed by atoms with Crippen molar-refractivity contribution in [3.05, 3.63) is 284 Å². The van der Waals surface area contributed by atoms with Gasteiger partial charge in [0.1, 0.15) is 0 Å². The number of hydrogen-bond donors (Lipinski definition) is 0. The van der Waals surface area contributed by atoms with Gasteiger partial charge in [0.25, 0.3) is 0 Å². The van der Waals surface area contributed by atoms with Crippen molar-refractivity contribution in [1.82, 2.24) is 0 Å². The summed E-state index contributed by atoms with van der Waals surface area (Å²) in [5.41, 5.74) is 10.4. The van der Waals surface area contributed by atoms with Crippen LogP contribution in [0.1, 0.15) is 76.4 Å². The molecule has 0 heterocycles. The molecule has 10 rings (SSSR count). The summed E-state index contributed by atoms with van der Waals surface area (Å²) < 4.78 is 77.4. The van der Waals surface area contributed by atoms with Gasteiger partial charge in [0.15, 0.2) is 0 Å². The Morgan fingerprint density at radius 3 is 2.03 bits per heavy atom.